The van der Waals surface area contributed by atoms with Crippen LogP contribution in [0.1, 0.15) is 58.2 Å². The summed E-state index contributed by atoms with van der Waals surface area (Å²) in [6.07, 6.45) is -5.28. The van der Waals surface area contributed by atoms with E-state index >= 15 is 0 Å². The smallest absolute Gasteiger partial charge is 0.410 e. The van der Waals surface area contributed by atoms with Gasteiger partial charge in [0.05, 0.1) is 31.8 Å². The highest BCUT2D eigenvalue weighted by Crippen LogP contribution is 2.29. The molecular weight excluding hydrogens is 692 g/mol. The lowest BCUT2D eigenvalue weighted by Gasteiger charge is -2.42. The number of esters is 1. The molecule has 2 N–H and O–H groups in total. The van der Waals surface area contributed by atoms with Gasteiger partial charge in [-0.15, -0.1) is 0 Å². The molecule has 0 saturated carbocycles. The molecule has 1 aliphatic heterocycles. The van der Waals surface area contributed by atoms with Crippen LogP contribution in [-0.4, -0.2) is 107 Å². The van der Waals surface area contributed by atoms with Crippen LogP contribution in [0.25, 0.3) is 0 Å². The van der Waals surface area contributed by atoms with Gasteiger partial charge in [0.25, 0.3) is 5.91 Å². The van der Waals surface area contributed by atoms with Crippen LogP contribution in [0.15, 0.2) is 91.0 Å². The van der Waals surface area contributed by atoms with Gasteiger partial charge in [-0.3, -0.25) is 9.59 Å². The summed E-state index contributed by atoms with van der Waals surface area (Å²) in [4.78, 5) is 43.0. The van der Waals surface area contributed by atoms with Gasteiger partial charge in [-0.25, -0.2) is 4.79 Å². The maximum Gasteiger partial charge on any atom is 0.410 e. The Hall–Kier alpha value is -4.33. The third kappa shape index (κ3) is 12.9. The molecule has 3 aromatic rings. The summed E-state index contributed by atoms with van der Waals surface area (Å²) < 4.78 is 30.2. The van der Waals surface area contributed by atoms with E-state index in [9.17, 15) is 24.6 Å². The summed E-state index contributed by atoms with van der Waals surface area (Å²) in [5, 5.41) is 24.7. The van der Waals surface area contributed by atoms with Crippen LogP contribution in [0, 0.1) is 5.41 Å². The van der Waals surface area contributed by atoms with Gasteiger partial charge in [-0.1, -0.05) is 91.0 Å². The molecule has 0 aliphatic carbocycles. The number of ether oxygens (including phenoxy) is 5. The number of rotatable bonds is 16. The number of carbonyl (C=O) groups excluding carboxylic acids is 3. The fourth-order valence-corrected chi connectivity index (χ4v) is 5.72. The Kier molecular flexibility index (Phi) is 15.2. The average molecular weight is 749 g/mol. The monoisotopic (exact) mass is 748 g/mol. The van der Waals surface area contributed by atoms with Gasteiger partial charge >= 0.3 is 12.1 Å². The number of nitrogens with zero attached hydrogens (tertiary/aromatic N) is 2. The Morgan fingerprint density at radius 2 is 1.13 bits per heavy atom. The quantitative estimate of drug-likeness (QED) is 0.189. The number of benzene rings is 3. The first-order chi connectivity index (χ1) is 25.6. The van der Waals surface area contributed by atoms with Crippen molar-refractivity contribution in [2.45, 2.75) is 90.9 Å². The van der Waals surface area contributed by atoms with Gasteiger partial charge in [0.2, 0.25) is 0 Å². The zero-order chi connectivity index (χ0) is 39.4. The SMILES string of the molecule is CC(C)(C)OC(=O)N1CCN(C(=O)[C@H](O)[C@@H](OCc2ccccc2)[C@H](OCc2ccccc2)[C@@](O)(COCc2ccccc2)COC(=O)C(C)(C)C)CC1. The molecular formula is C42H56N2O10. The maximum atomic E-state index is 14.2. The summed E-state index contributed by atoms with van der Waals surface area (Å²) in [7, 11) is 0. The first kappa shape index (κ1) is 42.4. The molecule has 1 fully saturated rings. The predicted octanol–water partition coefficient (Wildman–Crippen LogP) is 5.13. The van der Waals surface area contributed by atoms with E-state index in [1.54, 1.807) is 41.5 Å². The van der Waals surface area contributed by atoms with E-state index < -0.39 is 66.1 Å². The summed E-state index contributed by atoms with van der Waals surface area (Å²) in [6.45, 7) is 10.1. The number of piperazine rings is 1. The lowest BCUT2D eigenvalue weighted by atomic mass is 9.89. The molecule has 0 spiro atoms. The van der Waals surface area contributed by atoms with Crippen LogP contribution in [0.4, 0.5) is 4.79 Å². The van der Waals surface area contributed by atoms with Crippen molar-refractivity contribution in [3.05, 3.63) is 108 Å². The fraction of sp³-hybridized carbons (Fsp3) is 0.500. The molecule has 4 rings (SSSR count). The standard InChI is InChI=1S/C42H56N2O10/c1-40(2,3)38(47)53-30-42(49,29-50-26-31-16-10-7-11-17-31)36(52-28-33-20-14-9-15-21-33)35(51-27-32-18-12-8-13-19-32)34(45)37(46)43-22-24-44(25-23-43)39(48)54-41(4,5)6/h7-21,34-36,45,49H,22-30H2,1-6H3/t34-,35-,36+,42-/m1/s1. The highest BCUT2D eigenvalue weighted by molar-refractivity contribution is 5.82. The lowest BCUT2D eigenvalue weighted by Crippen LogP contribution is -2.63. The molecule has 0 aromatic heterocycles. The highest BCUT2D eigenvalue weighted by Gasteiger charge is 2.50. The number of aliphatic hydroxyl groups is 2. The molecule has 2 amide bonds. The van der Waals surface area contributed by atoms with E-state index in [-0.39, 0.29) is 46.0 Å². The third-order valence-corrected chi connectivity index (χ3v) is 8.72. The van der Waals surface area contributed by atoms with E-state index in [1.807, 2.05) is 91.0 Å². The Balaban J connectivity index is 1.68. The van der Waals surface area contributed by atoms with Crippen LogP contribution >= 0.6 is 0 Å². The minimum Gasteiger partial charge on any atom is -0.462 e. The second-order valence-corrected chi connectivity index (χ2v) is 15.6. The van der Waals surface area contributed by atoms with Crippen molar-refractivity contribution < 1.29 is 48.3 Å². The zero-order valence-electron chi connectivity index (χ0n) is 32.3. The van der Waals surface area contributed by atoms with Gasteiger partial charge in [0.1, 0.15) is 24.4 Å². The molecule has 12 nitrogen and oxygen atoms in total. The van der Waals surface area contributed by atoms with Crippen molar-refractivity contribution >= 4 is 18.0 Å². The molecule has 1 aliphatic rings. The average Bonchev–Trinajstić information content (AvgIpc) is 3.14. The van der Waals surface area contributed by atoms with Gasteiger partial charge in [-0.05, 0) is 58.2 Å². The van der Waals surface area contributed by atoms with Crippen molar-refractivity contribution in [2.75, 3.05) is 39.4 Å². The van der Waals surface area contributed by atoms with Crippen LogP contribution in [0.5, 0.6) is 0 Å². The molecule has 1 heterocycles. The fourth-order valence-electron chi connectivity index (χ4n) is 5.72. The van der Waals surface area contributed by atoms with Crippen molar-refractivity contribution in [2.24, 2.45) is 5.41 Å². The molecule has 4 atom stereocenters. The summed E-state index contributed by atoms with van der Waals surface area (Å²) in [5.41, 5.74) is -1.36. The second-order valence-electron chi connectivity index (χ2n) is 15.6. The summed E-state index contributed by atoms with van der Waals surface area (Å²) in [5.74, 6) is -1.25. The summed E-state index contributed by atoms with van der Waals surface area (Å²) in [6, 6.07) is 27.8. The molecule has 12 heteroatoms. The van der Waals surface area contributed by atoms with E-state index in [1.165, 1.54) is 9.80 Å². The van der Waals surface area contributed by atoms with Gasteiger partial charge < -0.3 is 43.7 Å². The molecule has 0 bridgehead atoms. The highest BCUT2D eigenvalue weighted by atomic mass is 16.6. The van der Waals surface area contributed by atoms with E-state index in [4.69, 9.17) is 23.7 Å². The predicted molar refractivity (Wildman–Crippen MR) is 202 cm³/mol. The second kappa shape index (κ2) is 19.3. The molecule has 54 heavy (non-hydrogen) atoms. The first-order valence-corrected chi connectivity index (χ1v) is 18.3. The largest absolute Gasteiger partial charge is 0.462 e. The van der Waals surface area contributed by atoms with Crippen LogP contribution in [-0.2, 0) is 53.1 Å². The van der Waals surface area contributed by atoms with Gasteiger partial charge in [0, 0.05) is 26.2 Å². The Bertz CT molecular complexity index is 1600. The normalized spacial score (nSPS) is 16.5. The van der Waals surface area contributed by atoms with Crippen molar-refractivity contribution in [3.8, 4) is 0 Å². The van der Waals surface area contributed by atoms with Crippen molar-refractivity contribution in [3.63, 3.8) is 0 Å². The number of aliphatic hydroxyl groups excluding tert-OH is 1. The number of amides is 2. The lowest BCUT2D eigenvalue weighted by molar-refractivity contribution is -0.232. The van der Waals surface area contributed by atoms with E-state index in [2.05, 4.69) is 0 Å². The molecule has 3 aromatic carbocycles. The molecule has 0 radical (unpaired) electrons. The van der Waals surface area contributed by atoms with Crippen molar-refractivity contribution in [1.29, 1.82) is 0 Å². The van der Waals surface area contributed by atoms with Gasteiger partial charge in [-0.2, -0.15) is 0 Å². The van der Waals surface area contributed by atoms with E-state index in [0.717, 1.165) is 16.7 Å². The summed E-state index contributed by atoms with van der Waals surface area (Å²) >= 11 is 0. The van der Waals surface area contributed by atoms with Crippen LogP contribution < -0.4 is 0 Å². The molecule has 294 valence electrons. The minimum absolute atomic E-state index is 0.0413. The Labute approximate surface area is 318 Å². The van der Waals surface area contributed by atoms with Crippen LogP contribution in [0.3, 0.4) is 0 Å². The third-order valence-electron chi connectivity index (χ3n) is 8.72. The number of hydrogen-bond donors (Lipinski definition) is 2. The molecule has 0 unspecified atom stereocenters. The number of hydrogen-bond acceptors (Lipinski definition) is 10. The van der Waals surface area contributed by atoms with Crippen LogP contribution in [0.2, 0.25) is 0 Å². The minimum atomic E-state index is -2.12. The topological polar surface area (TPSA) is 144 Å². The zero-order valence-corrected chi connectivity index (χ0v) is 32.3. The van der Waals surface area contributed by atoms with Gasteiger partial charge in [0.15, 0.2) is 11.7 Å². The van der Waals surface area contributed by atoms with Crippen molar-refractivity contribution in [1.82, 2.24) is 9.80 Å². The Morgan fingerprint density at radius 3 is 1.61 bits per heavy atom. The Morgan fingerprint density at radius 1 is 0.667 bits per heavy atom. The van der Waals surface area contributed by atoms with E-state index in [0.29, 0.717) is 0 Å². The first-order valence-electron chi connectivity index (χ1n) is 18.3. The molecule has 1 saturated heterocycles. The maximum absolute atomic E-state index is 14.2. The number of carbonyl (C=O) groups is 3.